The summed E-state index contributed by atoms with van der Waals surface area (Å²) in [5, 5.41) is 2.14. The van der Waals surface area contributed by atoms with Crippen LogP contribution >= 0.6 is 11.3 Å². The van der Waals surface area contributed by atoms with E-state index in [4.69, 9.17) is 9.47 Å². The number of ether oxygens (including phenoxy) is 2. The summed E-state index contributed by atoms with van der Waals surface area (Å²) in [4.78, 5) is 6.85. The molecule has 2 heterocycles. The van der Waals surface area contributed by atoms with Gasteiger partial charge < -0.3 is 9.47 Å². The molecule has 0 atom stereocenters. The Kier molecular flexibility index (Phi) is 5.29. The number of hydrogen-bond donors (Lipinski definition) is 0. The van der Waals surface area contributed by atoms with E-state index in [-0.39, 0.29) is 0 Å². The Hall–Kier alpha value is -1.59. The molecule has 4 nitrogen and oxygen atoms in total. The van der Waals surface area contributed by atoms with Crippen LogP contribution in [0.5, 0.6) is 11.5 Å². The van der Waals surface area contributed by atoms with Gasteiger partial charge in [-0.15, -0.1) is 11.3 Å². The zero-order valence-electron chi connectivity index (χ0n) is 12.9. The Balaban J connectivity index is 1.40. The number of likely N-dealkylation sites (tertiary alicyclic amines) is 1. The Bertz CT molecular complexity index is 549. The third-order valence-electron chi connectivity index (χ3n) is 4.12. The molecular weight excluding hydrogens is 296 g/mol. The average molecular weight is 318 g/mol. The summed E-state index contributed by atoms with van der Waals surface area (Å²) in [6.07, 6.45) is 2.39. The summed E-state index contributed by atoms with van der Waals surface area (Å²) in [5.41, 5.74) is 3.10. The Labute approximate surface area is 135 Å². The summed E-state index contributed by atoms with van der Waals surface area (Å²) in [5.74, 6) is 2.43. The lowest BCUT2D eigenvalue weighted by Crippen LogP contribution is -2.35. The molecule has 0 unspecified atom stereocenters. The van der Waals surface area contributed by atoms with Crippen molar-refractivity contribution in [2.45, 2.75) is 19.4 Å². The van der Waals surface area contributed by atoms with E-state index < -0.39 is 0 Å². The van der Waals surface area contributed by atoms with E-state index in [1.807, 2.05) is 29.8 Å². The molecule has 1 aromatic carbocycles. The molecule has 1 saturated heterocycles. The molecule has 1 aromatic heterocycles. The van der Waals surface area contributed by atoms with E-state index >= 15 is 0 Å². The molecule has 2 aromatic rings. The fraction of sp³-hybridized carbons (Fsp3) is 0.471. The van der Waals surface area contributed by atoms with Crippen molar-refractivity contribution in [3.63, 3.8) is 0 Å². The number of hydrogen-bond acceptors (Lipinski definition) is 5. The molecule has 118 valence electrons. The van der Waals surface area contributed by atoms with Crippen molar-refractivity contribution in [2.24, 2.45) is 5.92 Å². The Morgan fingerprint density at radius 2 is 1.91 bits per heavy atom. The first-order valence-electron chi connectivity index (χ1n) is 7.70. The maximum Gasteiger partial charge on any atom is 0.119 e. The molecule has 1 fully saturated rings. The molecule has 5 heteroatoms. The van der Waals surface area contributed by atoms with Crippen LogP contribution in [0.25, 0.3) is 0 Å². The van der Waals surface area contributed by atoms with Crippen LogP contribution in [0.2, 0.25) is 0 Å². The minimum Gasteiger partial charge on any atom is -0.497 e. The van der Waals surface area contributed by atoms with Gasteiger partial charge in [0.05, 0.1) is 24.9 Å². The second-order valence-electron chi connectivity index (χ2n) is 5.69. The number of nitrogens with zero attached hydrogens (tertiary/aromatic N) is 2. The van der Waals surface area contributed by atoms with Gasteiger partial charge in [-0.3, -0.25) is 4.90 Å². The third kappa shape index (κ3) is 4.21. The van der Waals surface area contributed by atoms with Gasteiger partial charge >= 0.3 is 0 Å². The topological polar surface area (TPSA) is 34.6 Å². The predicted octanol–water partition coefficient (Wildman–Crippen LogP) is 3.44. The normalized spacial score (nSPS) is 16.6. The van der Waals surface area contributed by atoms with E-state index in [1.54, 1.807) is 18.4 Å². The second-order valence-corrected chi connectivity index (χ2v) is 6.40. The van der Waals surface area contributed by atoms with E-state index in [0.717, 1.165) is 37.7 Å². The second kappa shape index (κ2) is 7.61. The molecule has 0 radical (unpaired) electrons. The zero-order valence-corrected chi connectivity index (χ0v) is 13.7. The van der Waals surface area contributed by atoms with Crippen LogP contribution in [0.4, 0.5) is 0 Å². The van der Waals surface area contributed by atoms with Gasteiger partial charge in [-0.25, -0.2) is 4.98 Å². The van der Waals surface area contributed by atoms with Crippen molar-refractivity contribution < 1.29 is 9.47 Å². The number of benzene rings is 1. The van der Waals surface area contributed by atoms with Crippen molar-refractivity contribution in [3.8, 4) is 11.5 Å². The van der Waals surface area contributed by atoms with E-state index in [1.165, 1.54) is 18.5 Å². The highest BCUT2D eigenvalue weighted by molar-refractivity contribution is 7.07. The SMILES string of the molecule is COc1ccc(OCC2CCN(Cc3cscn3)CC2)cc1. The average Bonchev–Trinajstić information content (AvgIpc) is 3.08. The molecular formula is C17H22N2O2S. The van der Waals surface area contributed by atoms with Gasteiger partial charge in [-0.05, 0) is 56.1 Å². The molecule has 0 bridgehead atoms. The first-order chi connectivity index (χ1) is 10.8. The fourth-order valence-corrected chi connectivity index (χ4v) is 3.29. The third-order valence-corrected chi connectivity index (χ3v) is 4.76. The first kappa shape index (κ1) is 15.3. The number of thiazole rings is 1. The van der Waals surface area contributed by atoms with Crippen LogP contribution in [0, 0.1) is 5.92 Å². The predicted molar refractivity (Wildman–Crippen MR) is 88.6 cm³/mol. The van der Waals surface area contributed by atoms with Crippen LogP contribution < -0.4 is 9.47 Å². The number of aromatic nitrogens is 1. The van der Waals surface area contributed by atoms with Gasteiger partial charge in [0.25, 0.3) is 0 Å². The van der Waals surface area contributed by atoms with Crippen molar-refractivity contribution >= 4 is 11.3 Å². The molecule has 0 aliphatic carbocycles. The quantitative estimate of drug-likeness (QED) is 0.817. The van der Waals surface area contributed by atoms with E-state index in [9.17, 15) is 0 Å². The van der Waals surface area contributed by atoms with Crippen molar-refractivity contribution in [3.05, 3.63) is 40.8 Å². The van der Waals surface area contributed by atoms with E-state index in [2.05, 4.69) is 15.3 Å². The molecule has 0 saturated carbocycles. The molecule has 0 spiro atoms. The molecule has 3 rings (SSSR count). The molecule has 22 heavy (non-hydrogen) atoms. The summed E-state index contributed by atoms with van der Waals surface area (Å²) in [6.45, 7) is 4.05. The smallest absolute Gasteiger partial charge is 0.119 e. The van der Waals surface area contributed by atoms with E-state index in [0.29, 0.717) is 5.92 Å². The first-order valence-corrected chi connectivity index (χ1v) is 8.64. The summed E-state index contributed by atoms with van der Waals surface area (Å²) < 4.78 is 11.1. The molecule has 1 aliphatic heterocycles. The number of rotatable bonds is 6. The van der Waals surface area contributed by atoms with Gasteiger partial charge in [0.15, 0.2) is 0 Å². The summed E-state index contributed by atoms with van der Waals surface area (Å²) in [7, 11) is 1.68. The fourth-order valence-electron chi connectivity index (χ4n) is 2.74. The number of methoxy groups -OCH3 is 1. The maximum absolute atomic E-state index is 5.90. The van der Waals surface area contributed by atoms with Gasteiger partial charge in [0, 0.05) is 11.9 Å². The van der Waals surface area contributed by atoms with Crippen LogP contribution in [0.3, 0.4) is 0 Å². The van der Waals surface area contributed by atoms with Gasteiger partial charge in [-0.2, -0.15) is 0 Å². The molecule has 1 aliphatic rings. The highest BCUT2D eigenvalue weighted by Crippen LogP contribution is 2.22. The Morgan fingerprint density at radius 1 is 1.18 bits per heavy atom. The van der Waals surface area contributed by atoms with Gasteiger partial charge in [0.2, 0.25) is 0 Å². The zero-order chi connectivity index (χ0) is 15.2. The Morgan fingerprint density at radius 3 is 2.55 bits per heavy atom. The highest BCUT2D eigenvalue weighted by atomic mass is 32.1. The number of piperidine rings is 1. The standard InChI is InChI=1S/C17H22N2O2S/c1-20-16-2-4-17(5-3-16)21-11-14-6-8-19(9-7-14)10-15-12-22-13-18-15/h2-5,12-14H,6-11H2,1H3. The van der Waals surface area contributed by atoms with Gasteiger partial charge in [0.1, 0.15) is 11.5 Å². The lowest BCUT2D eigenvalue weighted by Gasteiger charge is -2.31. The van der Waals surface area contributed by atoms with Crippen LogP contribution in [-0.2, 0) is 6.54 Å². The molecule has 0 N–H and O–H groups in total. The summed E-state index contributed by atoms with van der Waals surface area (Å²) in [6, 6.07) is 7.81. The molecule has 0 amide bonds. The van der Waals surface area contributed by atoms with Crippen molar-refractivity contribution in [1.82, 2.24) is 9.88 Å². The monoisotopic (exact) mass is 318 g/mol. The highest BCUT2D eigenvalue weighted by Gasteiger charge is 2.20. The largest absolute Gasteiger partial charge is 0.497 e. The van der Waals surface area contributed by atoms with Crippen molar-refractivity contribution in [2.75, 3.05) is 26.8 Å². The van der Waals surface area contributed by atoms with Crippen LogP contribution in [0.15, 0.2) is 35.2 Å². The lowest BCUT2D eigenvalue weighted by molar-refractivity contribution is 0.136. The minimum atomic E-state index is 0.647. The van der Waals surface area contributed by atoms with Crippen LogP contribution in [0.1, 0.15) is 18.5 Å². The van der Waals surface area contributed by atoms with Gasteiger partial charge in [-0.1, -0.05) is 0 Å². The minimum absolute atomic E-state index is 0.647. The maximum atomic E-state index is 5.90. The van der Waals surface area contributed by atoms with Crippen LogP contribution in [-0.4, -0.2) is 36.7 Å². The van der Waals surface area contributed by atoms with Crippen molar-refractivity contribution in [1.29, 1.82) is 0 Å². The summed E-state index contributed by atoms with van der Waals surface area (Å²) >= 11 is 1.67. The lowest BCUT2D eigenvalue weighted by atomic mass is 9.98.